The Morgan fingerprint density at radius 3 is 2.19 bits per heavy atom. The van der Waals surface area contributed by atoms with E-state index < -0.39 is 10.0 Å². The second-order valence-electron chi connectivity index (χ2n) is 6.53. The van der Waals surface area contributed by atoms with Crippen LogP contribution in [0.15, 0.2) is 59.6 Å². The van der Waals surface area contributed by atoms with Crippen LogP contribution < -0.4 is 5.14 Å². The van der Waals surface area contributed by atoms with E-state index in [-0.39, 0.29) is 4.90 Å². The van der Waals surface area contributed by atoms with Gasteiger partial charge in [0.1, 0.15) is 5.69 Å². The summed E-state index contributed by atoms with van der Waals surface area (Å²) < 4.78 is 24.9. The molecule has 0 saturated carbocycles. The van der Waals surface area contributed by atoms with Gasteiger partial charge in [-0.1, -0.05) is 35.9 Å². The molecule has 0 spiro atoms. The van der Waals surface area contributed by atoms with Gasteiger partial charge < -0.3 is 4.90 Å². The highest BCUT2D eigenvalue weighted by molar-refractivity contribution is 7.89. The number of aromatic nitrogens is 2. The van der Waals surface area contributed by atoms with E-state index >= 15 is 0 Å². The first-order chi connectivity index (χ1) is 12.7. The molecule has 3 rings (SSSR count). The molecule has 2 N–H and O–H groups in total. The Bertz CT molecular complexity index is 1030. The predicted molar refractivity (Wildman–Crippen MR) is 108 cm³/mol. The summed E-state index contributed by atoms with van der Waals surface area (Å²) in [4.78, 5) is 2.16. The summed E-state index contributed by atoms with van der Waals surface area (Å²) in [6.07, 6.45) is 2.00. The van der Waals surface area contributed by atoms with Gasteiger partial charge >= 0.3 is 0 Å². The van der Waals surface area contributed by atoms with Crippen LogP contribution in [0.3, 0.4) is 0 Å². The number of sulfonamides is 1. The molecular formula is C19H21ClN4O2S. The second-order valence-corrected chi connectivity index (χ2v) is 8.53. The molecule has 2 aromatic carbocycles. The quantitative estimate of drug-likeness (QED) is 0.684. The molecule has 0 amide bonds. The van der Waals surface area contributed by atoms with Crippen molar-refractivity contribution in [1.82, 2.24) is 14.7 Å². The SMILES string of the molecule is CN(C)CCn1cc(-c2ccc(Cl)cc2)c(-c2ccc(S(N)(=O)=O)cc2)n1. The van der Waals surface area contributed by atoms with Crippen molar-refractivity contribution in [3.8, 4) is 22.4 Å². The fourth-order valence-electron chi connectivity index (χ4n) is 2.69. The van der Waals surface area contributed by atoms with Gasteiger partial charge in [0.15, 0.2) is 0 Å². The molecule has 0 bridgehead atoms. The van der Waals surface area contributed by atoms with Gasteiger partial charge in [-0.3, -0.25) is 4.68 Å². The van der Waals surface area contributed by atoms with Crippen molar-refractivity contribution in [2.24, 2.45) is 5.14 Å². The molecular weight excluding hydrogens is 384 g/mol. The average Bonchev–Trinajstić information content (AvgIpc) is 3.04. The minimum absolute atomic E-state index is 0.0753. The standard InChI is InChI=1S/C19H21ClN4O2S/c1-23(2)11-12-24-13-18(14-3-7-16(20)8-4-14)19(22-24)15-5-9-17(10-6-15)27(21,25)26/h3-10,13H,11-12H2,1-2H3,(H2,21,25,26). The van der Waals surface area contributed by atoms with Gasteiger partial charge in [-0.15, -0.1) is 0 Å². The summed E-state index contributed by atoms with van der Waals surface area (Å²) in [5.74, 6) is 0. The summed E-state index contributed by atoms with van der Waals surface area (Å²) in [5.41, 5.74) is 3.53. The monoisotopic (exact) mass is 404 g/mol. The van der Waals surface area contributed by atoms with E-state index in [2.05, 4.69) is 4.90 Å². The number of rotatable bonds is 6. The van der Waals surface area contributed by atoms with E-state index in [9.17, 15) is 8.42 Å². The Morgan fingerprint density at radius 2 is 1.63 bits per heavy atom. The second kappa shape index (κ2) is 7.82. The number of primary sulfonamides is 1. The fourth-order valence-corrected chi connectivity index (χ4v) is 3.34. The third-order valence-corrected chi connectivity index (χ3v) is 5.33. The summed E-state index contributed by atoms with van der Waals surface area (Å²) in [7, 11) is 0.293. The lowest BCUT2D eigenvalue weighted by molar-refractivity contribution is 0.373. The topological polar surface area (TPSA) is 81.2 Å². The van der Waals surface area contributed by atoms with Crippen LogP contribution in [0.25, 0.3) is 22.4 Å². The Hall–Kier alpha value is -2.19. The van der Waals surface area contributed by atoms with Crippen molar-refractivity contribution >= 4 is 21.6 Å². The van der Waals surface area contributed by atoms with Crippen LogP contribution in [0, 0.1) is 0 Å². The number of benzene rings is 2. The van der Waals surface area contributed by atoms with Crippen LogP contribution in [-0.4, -0.2) is 43.7 Å². The van der Waals surface area contributed by atoms with E-state index in [1.54, 1.807) is 12.1 Å². The molecule has 0 unspecified atom stereocenters. The molecule has 0 fully saturated rings. The highest BCUT2D eigenvalue weighted by Crippen LogP contribution is 2.32. The first kappa shape index (κ1) is 19.6. The molecule has 0 aliphatic heterocycles. The van der Waals surface area contributed by atoms with Gasteiger partial charge in [0.05, 0.1) is 11.4 Å². The third kappa shape index (κ3) is 4.75. The lowest BCUT2D eigenvalue weighted by Crippen LogP contribution is -2.18. The molecule has 3 aromatic rings. The zero-order chi connectivity index (χ0) is 19.6. The molecule has 142 valence electrons. The lowest BCUT2D eigenvalue weighted by atomic mass is 10.0. The first-order valence-corrected chi connectivity index (χ1v) is 10.3. The summed E-state index contributed by atoms with van der Waals surface area (Å²) in [6.45, 7) is 1.59. The molecule has 1 aromatic heterocycles. The first-order valence-electron chi connectivity index (χ1n) is 8.35. The molecule has 0 aliphatic carbocycles. The van der Waals surface area contributed by atoms with Crippen LogP contribution in [0.4, 0.5) is 0 Å². The zero-order valence-electron chi connectivity index (χ0n) is 15.1. The van der Waals surface area contributed by atoms with E-state index in [1.165, 1.54) is 12.1 Å². The summed E-state index contributed by atoms with van der Waals surface area (Å²) in [5, 5.41) is 10.6. The average molecular weight is 405 g/mol. The Balaban J connectivity index is 2.05. The maximum absolute atomic E-state index is 11.5. The van der Waals surface area contributed by atoms with Crippen LogP contribution in [0.5, 0.6) is 0 Å². The lowest BCUT2D eigenvalue weighted by Gasteiger charge is -2.08. The number of hydrogen-bond acceptors (Lipinski definition) is 4. The largest absolute Gasteiger partial charge is 0.308 e. The maximum Gasteiger partial charge on any atom is 0.238 e. The van der Waals surface area contributed by atoms with Gasteiger partial charge in [-0.25, -0.2) is 13.6 Å². The Kier molecular flexibility index (Phi) is 5.67. The molecule has 0 atom stereocenters. The molecule has 8 heteroatoms. The van der Waals surface area contributed by atoms with E-state index in [0.29, 0.717) is 5.02 Å². The van der Waals surface area contributed by atoms with Crippen molar-refractivity contribution in [2.45, 2.75) is 11.4 Å². The fraction of sp³-hybridized carbons (Fsp3) is 0.211. The molecule has 0 saturated heterocycles. The molecule has 0 aliphatic rings. The highest BCUT2D eigenvalue weighted by Gasteiger charge is 2.15. The number of likely N-dealkylation sites (N-methyl/N-ethyl adjacent to an activating group) is 1. The summed E-state index contributed by atoms with van der Waals surface area (Å²) >= 11 is 6.01. The molecule has 6 nitrogen and oxygen atoms in total. The Labute approximate surface area is 164 Å². The smallest absolute Gasteiger partial charge is 0.238 e. The van der Waals surface area contributed by atoms with Gasteiger partial charge in [0.25, 0.3) is 0 Å². The maximum atomic E-state index is 11.5. The van der Waals surface area contributed by atoms with Gasteiger partial charge in [0, 0.05) is 28.9 Å². The van der Waals surface area contributed by atoms with Crippen molar-refractivity contribution in [1.29, 1.82) is 0 Å². The van der Waals surface area contributed by atoms with Crippen LogP contribution in [-0.2, 0) is 16.6 Å². The molecule has 1 heterocycles. The van der Waals surface area contributed by atoms with E-state index in [0.717, 1.165) is 35.5 Å². The van der Waals surface area contributed by atoms with Gasteiger partial charge in [-0.05, 0) is 43.9 Å². The van der Waals surface area contributed by atoms with Crippen LogP contribution in [0.1, 0.15) is 0 Å². The number of nitrogens with zero attached hydrogens (tertiary/aromatic N) is 3. The van der Waals surface area contributed by atoms with Crippen molar-refractivity contribution in [3.05, 3.63) is 59.8 Å². The molecule has 0 radical (unpaired) electrons. The van der Waals surface area contributed by atoms with Crippen molar-refractivity contribution in [3.63, 3.8) is 0 Å². The highest BCUT2D eigenvalue weighted by atomic mass is 35.5. The number of nitrogens with two attached hydrogens (primary N) is 1. The van der Waals surface area contributed by atoms with Gasteiger partial charge in [0.2, 0.25) is 10.0 Å². The van der Waals surface area contributed by atoms with Crippen LogP contribution in [0.2, 0.25) is 5.02 Å². The normalized spacial score (nSPS) is 11.9. The van der Waals surface area contributed by atoms with Crippen LogP contribution >= 0.6 is 11.6 Å². The minimum atomic E-state index is -3.73. The number of halogens is 1. The third-order valence-electron chi connectivity index (χ3n) is 4.15. The van der Waals surface area contributed by atoms with E-state index in [4.69, 9.17) is 21.8 Å². The number of hydrogen-bond donors (Lipinski definition) is 1. The van der Waals surface area contributed by atoms with Crippen molar-refractivity contribution in [2.75, 3.05) is 20.6 Å². The minimum Gasteiger partial charge on any atom is -0.308 e. The zero-order valence-corrected chi connectivity index (χ0v) is 16.7. The Morgan fingerprint density at radius 1 is 1.04 bits per heavy atom. The summed E-state index contributed by atoms with van der Waals surface area (Å²) in [6, 6.07) is 14.0. The predicted octanol–water partition coefficient (Wildman–Crippen LogP) is 3.08. The van der Waals surface area contributed by atoms with Crippen molar-refractivity contribution < 1.29 is 8.42 Å². The molecule has 27 heavy (non-hydrogen) atoms. The van der Waals surface area contributed by atoms with E-state index in [1.807, 2.05) is 49.2 Å². The van der Waals surface area contributed by atoms with Gasteiger partial charge in [-0.2, -0.15) is 5.10 Å².